The van der Waals surface area contributed by atoms with Gasteiger partial charge in [-0.15, -0.1) is 0 Å². The quantitative estimate of drug-likeness (QED) is 0.300. The summed E-state index contributed by atoms with van der Waals surface area (Å²) in [6.45, 7) is 1.57. The van der Waals surface area contributed by atoms with Gasteiger partial charge < -0.3 is 9.88 Å². The number of para-hydroxylation sites is 1. The highest BCUT2D eigenvalue weighted by Crippen LogP contribution is 2.20. The van der Waals surface area contributed by atoms with Crippen molar-refractivity contribution in [2.45, 2.75) is 6.42 Å². The molecule has 16 heavy (non-hydrogen) atoms. The molecule has 0 radical (unpaired) electrons. The van der Waals surface area contributed by atoms with Gasteiger partial charge >= 0.3 is 0 Å². The van der Waals surface area contributed by atoms with Gasteiger partial charge in [0.25, 0.3) is 0 Å². The third-order valence-corrected chi connectivity index (χ3v) is 2.78. The first-order valence-electron chi connectivity index (χ1n) is 5.50. The smallest absolute Gasteiger partial charge is 0.0587 e. The Labute approximate surface area is 95.4 Å². The van der Waals surface area contributed by atoms with E-state index in [0.29, 0.717) is 6.67 Å². The van der Waals surface area contributed by atoms with E-state index in [-0.39, 0.29) is 0 Å². The summed E-state index contributed by atoms with van der Waals surface area (Å²) < 4.78 is 2.17. The van der Waals surface area contributed by atoms with Gasteiger partial charge in [0.1, 0.15) is 0 Å². The molecule has 2 rings (SSSR count). The maximum absolute atomic E-state index is 5.19. The first-order valence-corrected chi connectivity index (χ1v) is 5.50. The van der Waals surface area contributed by atoms with Crippen molar-refractivity contribution in [2.24, 2.45) is 12.9 Å². The van der Waals surface area contributed by atoms with Crippen LogP contribution in [0.25, 0.3) is 10.9 Å². The number of hydrogen-bond donors (Lipinski definition) is 3. The molecule has 0 saturated carbocycles. The zero-order valence-corrected chi connectivity index (χ0v) is 9.53. The molecule has 2 aromatic rings. The number of nitrogens with zero attached hydrogens (tertiary/aromatic N) is 1. The molecule has 0 unspecified atom stereocenters. The third-order valence-electron chi connectivity index (χ3n) is 2.78. The fraction of sp³-hybridized carbons (Fsp3) is 0.333. The normalized spacial score (nSPS) is 11.1. The van der Waals surface area contributed by atoms with Crippen molar-refractivity contribution in [3.8, 4) is 0 Å². The van der Waals surface area contributed by atoms with Crippen LogP contribution in [0.15, 0.2) is 30.5 Å². The van der Waals surface area contributed by atoms with Crippen molar-refractivity contribution in [3.63, 3.8) is 0 Å². The Kier molecular flexibility index (Phi) is 3.56. The van der Waals surface area contributed by atoms with Crippen molar-refractivity contribution < 1.29 is 0 Å². The van der Waals surface area contributed by atoms with Gasteiger partial charge in [-0.05, 0) is 18.1 Å². The molecule has 0 aliphatic heterocycles. The molecule has 0 saturated heterocycles. The number of aromatic nitrogens is 1. The predicted octanol–water partition coefficient (Wildman–Crippen LogP) is 0.731. The van der Waals surface area contributed by atoms with Crippen LogP contribution in [-0.2, 0) is 13.5 Å². The van der Waals surface area contributed by atoms with E-state index in [9.17, 15) is 0 Å². The van der Waals surface area contributed by atoms with Crippen LogP contribution >= 0.6 is 0 Å². The molecule has 1 aromatic heterocycles. The average molecular weight is 218 g/mol. The summed E-state index contributed by atoms with van der Waals surface area (Å²) in [7, 11) is 2.08. The van der Waals surface area contributed by atoms with Crippen LogP contribution in [0.1, 0.15) is 5.56 Å². The molecule has 1 heterocycles. The van der Waals surface area contributed by atoms with E-state index in [1.165, 1.54) is 16.5 Å². The van der Waals surface area contributed by atoms with Crippen LogP contribution in [0.2, 0.25) is 0 Å². The largest absolute Gasteiger partial charge is 0.350 e. The minimum Gasteiger partial charge on any atom is -0.350 e. The molecule has 0 aliphatic rings. The number of hydrazine groups is 1. The number of aryl methyl sites for hydroxylation is 1. The van der Waals surface area contributed by atoms with E-state index in [0.717, 1.165) is 13.0 Å². The Morgan fingerprint density at radius 1 is 1.31 bits per heavy atom. The monoisotopic (exact) mass is 218 g/mol. The van der Waals surface area contributed by atoms with Crippen molar-refractivity contribution in [3.05, 3.63) is 36.0 Å². The van der Waals surface area contributed by atoms with E-state index in [4.69, 9.17) is 5.84 Å². The molecule has 0 amide bonds. The SMILES string of the molecule is Cn1cc(CCNCNN)c2ccccc21. The second-order valence-electron chi connectivity index (χ2n) is 3.91. The van der Waals surface area contributed by atoms with Crippen LogP contribution in [0.3, 0.4) is 0 Å². The number of benzene rings is 1. The van der Waals surface area contributed by atoms with Gasteiger partial charge in [-0.3, -0.25) is 5.84 Å². The Morgan fingerprint density at radius 2 is 2.12 bits per heavy atom. The van der Waals surface area contributed by atoms with Crippen LogP contribution in [0.4, 0.5) is 0 Å². The van der Waals surface area contributed by atoms with Crippen molar-refractivity contribution in [2.75, 3.05) is 13.2 Å². The highest BCUT2D eigenvalue weighted by atomic mass is 15.3. The summed E-state index contributed by atoms with van der Waals surface area (Å²) >= 11 is 0. The first kappa shape index (κ1) is 11.1. The van der Waals surface area contributed by atoms with Gasteiger partial charge in [0.05, 0.1) is 6.67 Å². The highest BCUT2D eigenvalue weighted by Gasteiger charge is 2.04. The molecule has 4 heteroatoms. The molecule has 4 nitrogen and oxygen atoms in total. The predicted molar refractivity (Wildman–Crippen MR) is 66.8 cm³/mol. The summed E-state index contributed by atoms with van der Waals surface area (Å²) in [5.41, 5.74) is 5.24. The van der Waals surface area contributed by atoms with Crippen molar-refractivity contribution >= 4 is 10.9 Å². The minimum atomic E-state index is 0.644. The molecule has 0 fully saturated rings. The van der Waals surface area contributed by atoms with Crippen LogP contribution in [-0.4, -0.2) is 17.8 Å². The van der Waals surface area contributed by atoms with Crippen LogP contribution < -0.4 is 16.6 Å². The number of fused-ring (bicyclic) bond motifs is 1. The lowest BCUT2D eigenvalue weighted by molar-refractivity contribution is 0.602. The van der Waals surface area contributed by atoms with Crippen molar-refractivity contribution in [1.82, 2.24) is 15.3 Å². The van der Waals surface area contributed by atoms with E-state index in [2.05, 4.69) is 52.8 Å². The van der Waals surface area contributed by atoms with Crippen LogP contribution in [0, 0.1) is 0 Å². The van der Waals surface area contributed by atoms with Gasteiger partial charge in [0, 0.05) is 30.7 Å². The Morgan fingerprint density at radius 3 is 2.94 bits per heavy atom. The number of nitrogens with one attached hydrogen (secondary N) is 2. The summed E-state index contributed by atoms with van der Waals surface area (Å²) in [5.74, 6) is 5.19. The first-order chi connectivity index (χ1) is 7.83. The topological polar surface area (TPSA) is 55.0 Å². The lowest BCUT2D eigenvalue weighted by Gasteiger charge is -2.02. The lowest BCUT2D eigenvalue weighted by Crippen LogP contribution is -2.34. The second-order valence-corrected chi connectivity index (χ2v) is 3.91. The third kappa shape index (κ3) is 2.24. The van der Waals surface area contributed by atoms with Gasteiger partial charge in [-0.25, -0.2) is 5.43 Å². The zero-order chi connectivity index (χ0) is 11.4. The summed E-state index contributed by atoms with van der Waals surface area (Å²) in [6, 6.07) is 8.48. The van der Waals surface area contributed by atoms with Gasteiger partial charge in [0.15, 0.2) is 0 Å². The standard InChI is InChI=1S/C12H18N4/c1-16-8-10(6-7-14-9-15-13)11-4-2-3-5-12(11)16/h2-5,8,14-15H,6-7,9,13H2,1H3. The molecule has 0 aliphatic carbocycles. The molecular formula is C12H18N4. The molecule has 0 spiro atoms. The molecule has 4 N–H and O–H groups in total. The van der Waals surface area contributed by atoms with Gasteiger partial charge in [-0.2, -0.15) is 0 Å². The molecule has 1 aromatic carbocycles. The number of hydrogen-bond acceptors (Lipinski definition) is 3. The van der Waals surface area contributed by atoms with Crippen molar-refractivity contribution in [1.29, 1.82) is 0 Å². The summed E-state index contributed by atoms with van der Waals surface area (Å²) in [5, 5.41) is 4.55. The Balaban J connectivity index is 2.12. The summed E-state index contributed by atoms with van der Waals surface area (Å²) in [4.78, 5) is 0. The van der Waals surface area contributed by atoms with E-state index in [1.807, 2.05) is 0 Å². The molecule has 0 atom stereocenters. The van der Waals surface area contributed by atoms with Gasteiger partial charge in [-0.1, -0.05) is 18.2 Å². The molecular weight excluding hydrogens is 200 g/mol. The highest BCUT2D eigenvalue weighted by molar-refractivity contribution is 5.83. The maximum atomic E-state index is 5.19. The zero-order valence-electron chi connectivity index (χ0n) is 9.53. The fourth-order valence-corrected chi connectivity index (χ4v) is 2.01. The Hall–Kier alpha value is -1.36. The average Bonchev–Trinajstić information content (AvgIpc) is 2.63. The Bertz CT molecular complexity index is 461. The second kappa shape index (κ2) is 5.12. The number of rotatable bonds is 5. The fourth-order valence-electron chi connectivity index (χ4n) is 2.01. The van der Waals surface area contributed by atoms with E-state index in [1.54, 1.807) is 0 Å². The van der Waals surface area contributed by atoms with Gasteiger partial charge in [0.2, 0.25) is 0 Å². The van der Waals surface area contributed by atoms with Crippen LogP contribution in [0.5, 0.6) is 0 Å². The minimum absolute atomic E-state index is 0.644. The molecule has 86 valence electrons. The lowest BCUT2D eigenvalue weighted by atomic mass is 10.1. The van der Waals surface area contributed by atoms with E-state index >= 15 is 0 Å². The summed E-state index contributed by atoms with van der Waals surface area (Å²) in [6.07, 6.45) is 3.21. The van der Waals surface area contributed by atoms with E-state index < -0.39 is 0 Å². The maximum Gasteiger partial charge on any atom is 0.0587 e. The molecule has 0 bridgehead atoms. The number of nitrogens with two attached hydrogens (primary N) is 1.